The van der Waals surface area contributed by atoms with Crippen molar-refractivity contribution < 1.29 is 4.42 Å². The van der Waals surface area contributed by atoms with E-state index in [1.54, 1.807) is 17.6 Å². The van der Waals surface area contributed by atoms with Crippen molar-refractivity contribution in [1.82, 2.24) is 15.1 Å². The van der Waals surface area contributed by atoms with Crippen molar-refractivity contribution in [2.24, 2.45) is 7.05 Å². The van der Waals surface area contributed by atoms with E-state index < -0.39 is 0 Å². The maximum atomic E-state index is 6.06. The molecule has 0 radical (unpaired) electrons. The van der Waals surface area contributed by atoms with E-state index in [0.717, 1.165) is 27.2 Å². The minimum atomic E-state index is -0.00268. The normalized spacial score (nSPS) is 12.7. The predicted molar refractivity (Wildman–Crippen MR) is 84.7 cm³/mol. The first-order valence-electron chi connectivity index (χ1n) is 6.64. The van der Waals surface area contributed by atoms with Crippen molar-refractivity contribution in [1.29, 1.82) is 0 Å². The summed E-state index contributed by atoms with van der Waals surface area (Å²) in [6, 6.07) is 7.81. The number of aryl methyl sites for hydroxylation is 1. The van der Waals surface area contributed by atoms with E-state index in [4.69, 9.17) is 16.0 Å². The molecule has 0 saturated heterocycles. The highest BCUT2D eigenvalue weighted by atomic mass is 35.5. The van der Waals surface area contributed by atoms with Crippen LogP contribution in [-0.2, 0) is 13.6 Å². The van der Waals surface area contributed by atoms with E-state index in [-0.39, 0.29) is 6.04 Å². The van der Waals surface area contributed by atoms with Crippen molar-refractivity contribution in [3.63, 3.8) is 0 Å². The van der Waals surface area contributed by atoms with Gasteiger partial charge in [-0.1, -0.05) is 11.6 Å². The summed E-state index contributed by atoms with van der Waals surface area (Å²) in [5, 5.41) is 7.80. The predicted octanol–water partition coefficient (Wildman–Crippen LogP) is 3.92. The Labute approximate surface area is 132 Å². The summed E-state index contributed by atoms with van der Waals surface area (Å²) in [6.45, 7) is 2.79. The molecule has 3 aromatic rings. The van der Waals surface area contributed by atoms with E-state index >= 15 is 0 Å². The van der Waals surface area contributed by atoms with Crippen LogP contribution < -0.4 is 5.32 Å². The van der Waals surface area contributed by atoms with Gasteiger partial charge in [-0.2, -0.15) is 5.10 Å². The lowest BCUT2D eigenvalue weighted by Gasteiger charge is -2.15. The Hall–Kier alpha value is -1.56. The van der Waals surface area contributed by atoms with Gasteiger partial charge >= 0.3 is 0 Å². The van der Waals surface area contributed by atoms with Gasteiger partial charge in [-0.05, 0) is 31.2 Å². The SMILES string of the molecule is Cc1c(CNC(c2ccco2)c2ccc(Cl)s2)cnn1C. The van der Waals surface area contributed by atoms with Crippen LogP contribution in [-0.4, -0.2) is 9.78 Å². The summed E-state index contributed by atoms with van der Waals surface area (Å²) < 4.78 is 8.22. The van der Waals surface area contributed by atoms with Gasteiger partial charge in [0.05, 0.1) is 16.8 Å². The standard InChI is InChI=1S/C15H16ClN3OS/c1-10-11(9-18-19(10)2)8-17-15(12-4-3-7-20-12)13-5-6-14(16)21-13/h3-7,9,15,17H,8H2,1-2H3. The molecule has 1 unspecified atom stereocenters. The Morgan fingerprint density at radius 1 is 1.43 bits per heavy atom. The minimum absolute atomic E-state index is 0.00268. The zero-order valence-corrected chi connectivity index (χ0v) is 13.4. The Kier molecular flexibility index (Phi) is 4.14. The number of furan rings is 1. The summed E-state index contributed by atoms with van der Waals surface area (Å²) in [5.74, 6) is 0.884. The summed E-state index contributed by atoms with van der Waals surface area (Å²) >= 11 is 7.62. The average molecular weight is 322 g/mol. The molecule has 0 aliphatic carbocycles. The highest BCUT2D eigenvalue weighted by Gasteiger charge is 2.19. The van der Waals surface area contributed by atoms with Crippen LogP contribution in [0.5, 0.6) is 0 Å². The Morgan fingerprint density at radius 2 is 2.29 bits per heavy atom. The smallest absolute Gasteiger partial charge is 0.126 e. The highest BCUT2D eigenvalue weighted by molar-refractivity contribution is 7.16. The zero-order chi connectivity index (χ0) is 14.8. The third kappa shape index (κ3) is 3.05. The Bertz CT molecular complexity index is 717. The van der Waals surface area contributed by atoms with Crippen LogP contribution >= 0.6 is 22.9 Å². The molecule has 4 nitrogen and oxygen atoms in total. The second-order valence-electron chi connectivity index (χ2n) is 4.85. The zero-order valence-electron chi connectivity index (χ0n) is 11.8. The van der Waals surface area contributed by atoms with Gasteiger partial charge in [-0.15, -0.1) is 11.3 Å². The van der Waals surface area contributed by atoms with Crippen LogP contribution in [0, 0.1) is 6.92 Å². The molecular formula is C15H16ClN3OS. The largest absolute Gasteiger partial charge is 0.467 e. The third-order valence-electron chi connectivity index (χ3n) is 3.54. The molecule has 0 aromatic carbocycles. The lowest BCUT2D eigenvalue weighted by molar-refractivity contribution is 0.449. The monoisotopic (exact) mass is 321 g/mol. The average Bonchev–Trinajstić information content (AvgIpc) is 3.18. The van der Waals surface area contributed by atoms with Gasteiger partial charge in [-0.25, -0.2) is 0 Å². The van der Waals surface area contributed by atoms with Gasteiger partial charge in [0.25, 0.3) is 0 Å². The van der Waals surface area contributed by atoms with Crippen molar-refractivity contribution in [3.8, 4) is 0 Å². The molecule has 1 N–H and O–H groups in total. The van der Waals surface area contributed by atoms with Crippen LogP contribution in [0.25, 0.3) is 0 Å². The fourth-order valence-corrected chi connectivity index (χ4v) is 3.35. The van der Waals surface area contributed by atoms with Crippen molar-refractivity contribution in [2.45, 2.75) is 19.5 Å². The van der Waals surface area contributed by atoms with Crippen LogP contribution in [0.2, 0.25) is 4.34 Å². The molecule has 0 saturated carbocycles. The molecule has 0 spiro atoms. The summed E-state index contributed by atoms with van der Waals surface area (Å²) in [5.41, 5.74) is 2.33. The molecule has 3 rings (SSSR count). The van der Waals surface area contributed by atoms with Crippen molar-refractivity contribution in [3.05, 3.63) is 63.0 Å². The number of rotatable bonds is 5. The number of hydrogen-bond acceptors (Lipinski definition) is 4. The molecule has 0 aliphatic heterocycles. The third-order valence-corrected chi connectivity index (χ3v) is 4.84. The molecule has 110 valence electrons. The summed E-state index contributed by atoms with van der Waals surface area (Å²) in [4.78, 5) is 1.14. The van der Waals surface area contributed by atoms with Crippen LogP contribution in [0.15, 0.2) is 41.1 Å². The second kappa shape index (κ2) is 6.05. The summed E-state index contributed by atoms with van der Waals surface area (Å²) in [7, 11) is 1.95. The fourth-order valence-electron chi connectivity index (χ4n) is 2.21. The lowest BCUT2D eigenvalue weighted by Crippen LogP contribution is -2.21. The van der Waals surface area contributed by atoms with E-state index in [9.17, 15) is 0 Å². The molecule has 0 amide bonds. The number of hydrogen-bond donors (Lipinski definition) is 1. The minimum Gasteiger partial charge on any atom is -0.467 e. The molecule has 0 fully saturated rings. The maximum absolute atomic E-state index is 6.06. The van der Waals surface area contributed by atoms with E-state index in [1.807, 2.05) is 42.2 Å². The van der Waals surface area contributed by atoms with Crippen LogP contribution in [0.1, 0.15) is 27.9 Å². The molecule has 3 aromatic heterocycles. The lowest BCUT2D eigenvalue weighted by atomic mass is 10.1. The molecule has 3 heterocycles. The fraction of sp³-hybridized carbons (Fsp3) is 0.267. The van der Waals surface area contributed by atoms with E-state index in [1.165, 1.54) is 5.56 Å². The topological polar surface area (TPSA) is 43.0 Å². The van der Waals surface area contributed by atoms with Crippen molar-refractivity contribution >= 4 is 22.9 Å². The van der Waals surface area contributed by atoms with Crippen LogP contribution in [0.3, 0.4) is 0 Å². The molecule has 0 aliphatic rings. The molecular weight excluding hydrogens is 306 g/mol. The van der Waals surface area contributed by atoms with Gasteiger partial charge in [0, 0.05) is 29.7 Å². The van der Waals surface area contributed by atoms with E-state index in [2.05, 4.69) is 17.3 Å². The molecule has 6 heteroatoms. The first-order chi connectivity index (χ1) is 10.1. The maximum Gasteiger partial charge on any atom is 0.126 e. The van der Waals surface area contributed by atoms with Crippen molar-refractivity contribution in [2.75, 3.05) is 0 Å². The summed E-state index contributed by atoms with van der Waals surface area (Å²) in [6.07, 6.45) is 3.58. The van der Waals surface area contributed by atoms with Crippen LogP contribution in [0.4, 0.5) is 0 Å². The molecule has 1 atom stereocenters. The second-order valence-corrected chi connectivity index (χ2v) is 6.60. The van der Waals surface area contributed by atoms with E-state index in [0.29, 0.717) is 0 Å². The number of aromatic nitrogens is 2. The van der Waals surface area contributed by atoms with Gasteiger partial charge in [0.2, 0.25) is 0 Å². The van der Waals surface area contributed by atoms with Gasteiger partial charge in [0.15, 0.2) is 0 Å². The quantitative estimate of drug-likeness (QED) is 0.774. The van der Waals surface area contributed by atoms with Gasteiger partial charge < -0.3 is 4.42 Å². The highest BCUT2D eigenvalue weighted by Crippen LogP contribution is 2.31. The van der Waals surface area contributed by atoms with Gasteiger partial charge in [-0.3, -0.25) is 10.00 Å². The number of halogens is 1. The number of thiophene rings is 1. The first kappa shape index (κ1) is 14.4. The number of nitrogens with zero attached hydrogens (tertiary/aromatic N) is 2. The molecule has 0 bridgehead atoms. The Morgan fingerprint density at radius 3 is 2.86 bits per heavy atom. The first-order valence-corrected chi connectivity index (χ1v) is 7.84. The Balaban J connectivity index is 1.82. The van der Waals surface area contributed by atoms with Gasteiger partial charge in [0.1, 0.15) is 11.8 Å². The molecule has 21 heavy (non-hydrogen) atoms. The number of nitrogens with one attached hydrogen (secondary N) is 1.